The van der Waals surface area contributed by atoms with Crippen LogP contribution < -0.4 is 9.47 Å². The Balaban J connectivity index is 0.000000242. The van der Waals surface area contributed by atoms with Gasteiger partial charge in [0.05, 0.1) is 22.1 Å². The zero-order valence-electron chi connectivity index (χ0n) is 34.6. The molecule has 3 N–H and O–H groups in total. The number of non-ortho nitro benzene ring substituents is 2. The van der Waals surface area contributed by atoms with E-state index in [0.29, 0.717) is 16.9 Å². The molecule has 19 heteroatoms. The van der Waals surface area contributed by atoms with E-state index in [1.807, 2.05) is 34.6 Å². The fourth-order valence-electron chi connectivity index (χ4n) is 6.91. The number of halogens is 3. The quantitative estimate of drug-likeness (QED) is 0.140. The maximum atomic E-state index is 13.1. The molecule has 2 aromatic rings. The summed E-state index contributed by atoms with van der Waals surface area (Å²) in [6.45, 7) is 14.5. The molecule has 5 rings (SSSR count). The number of aliphatic hydroxyl groups excluding tert-OH is 3. The third-order valence-electron chi connectivity index (χ3n) is 11.6. The van der Waals surface area contributed by atoms with E-state index in [2.05, 4.69) is 6.92 Å². The van der Waals surface area contributed by atoms with E-state index < -0.39 is 85.4 Å². The van der Waals surface area contributed by atoms with Crippen molar-refractivity contribution in [2.24, 2.45) is 35.5 Å². The number of carbonyl (C=O) groups excluding carboxylic acids is 1. The van der Waals surface area contributed by atoms with Gasteiger partial charge in [-0.2, -0.15) is 0 Å². The molecule has 0 aliphatic carbocycles. The van der Waals surface area contributed by atoms with Crippen LogP contribution in [0.5, 0.6) is 11.5 Å². The molecule has 332 valence electrons. The highest BCUT2D eigenvalue weighted by atomic mass is 19.1. The van der Waals surface area contributed by atoms with Crippen LogP contribution in [0.1, 0.15) is 59.6 Å². The number of esters is 1. The monoisotopic (exact) mass is 846 g/mol. The van der Waals surface area contributed by atoms with Crippen LogP contribution in [-0.2, 0) is 23.7 Å². The molecule has 0 radical (unpaired) electrons. The van der Waals surface area contributed by atoms with Crippen LogP contribution in [0.2, 0.25) is 0 Å². The lowest BCUT2D eigenvalue weighted by molar-refractivity contribution is -0.385. The molecule has 0 saturated carbocycles. The van der Waals surface area contributed by atoms with Crippen molar-refractivity contribution in [2.45, 2.75) is 118 Å². The molecule has 59 heavy (non-hydrogen) atoms. The molecule has 3 fully saturated rings. The minimum Gasteiger partial charge on any atom is -0.464 e. The van der Waals surface area contributed by atoms with Crippen LogP contribution >= 0.6 is 0 Å². The smallest absolute Gasteiger partial charge is 0.304 e. The number of carbonyl (C=O) groups is 1. The van der Waals surface area contributed by atoms with Gasteiger partial charge < -0.3 is 43.7 Å². The van der Waals surface area contributed by atoms with E-state index >= 15 is 0 Å². The molecule has 6 unspecified atom stereocenters. The largest absolute Gasteiger partial charge is 0.464 e. The topological polar surface area (TPSA) is 219 Å². The first kappa shape index (κ1) is 49.2. The van der Waals surface area contributed by atoms with Gasteiger partial charge >= 0.3 is 5.97 Å². The Morgan fingerprint density at radius 1 is 0.610 bits per heavy atom. The summed E-state index contributed by atoms with van der Waals surface area (Å²) in [5.41, 5.74) is 0.952. The van der Waals surface area contributed by atoms with Crippen LogP contribution in [0.15, 0.2) is 36.4 Å². The molecule has 3 heterocycles. The Labute approximate surface area is 341 Å². The lowest BCUT2D eigenvalue weighted by atomic mass is 9.79. The number of rotatable bonds is 10. The fraction of sp³-hybridized carbons (Fsp3) is 0.675. The van der Waals surface area contributed by atoms with Gasteiger partial charge in [0.1, 0.15) is 55.9 Å². The van der Waals surface area contributed by atoms with Crippen LogP contribution in [0.4, 0.5) is 24.5 Å². The van der Waals surface area contributed by atoms with E-state index in [-0.39, 0.29) is 58.6 Å². The number of hydrogen-bond acceptors (Lipinski definition) is 14. The van der Waals surface area contributed by atoms with Gasteiger partial charge in [-0.1, -0.05) is 41.5 Å². The van der Waals surface area contributed by atoms with E-state index in [1.165, 1.54) is 37.3 Å². The van der Waals surface area contributed by atoms with E-state index in [9.17, 15) is 53.5 Å². The highest BCUT2D eigenvalue weighted by Gasteiger charge is 2.45. The number of nitro groups is 2. The Morgan fingerprint density at radius 2 is 1.00 bits per heavy atom. The molecule has 16 nitrogen and oxygen atoms in total. The standard InChI is InChI=1S/C16H22FNO4.C13H16FNO7.C11H19FO3/c1-9-7-13(18(19)20)5-6-14(9)21-16-12(4)10(2)11(3)15(8-17)22-16;1-6-4-7(15(19)20)2-3-8(6)21-13-12(18)11(17)10(16)9(5-14)22-13;1-6-7(2)10(5-12)15-11(8(6)3)14-9(4)13/h5-7,10-12,15-16H,8H2,1-4H3;2-4,9-13,16-18H,5H2,1H3;6-8,10-11H,5H2,1-4H3/t10-,11-,12?,15?,16+;9?,10-,11+,12?,13-;6-,7-,8?,10?,11+/m010/s1. The fourth-order valence-corrected chi connectivity index (χ4v) is 6.91. The van der Waals surface area contributed by atoms with Crippen molar-refractivity contribution in [2.75, 3.05) is 20.0 Å². The number of ether oxygens (including phenoxy) is 6. The summed E-state index contributed by atoms with van der Waals surface area (Å²) in [5.74, 6) is 1.35. The Morgan fingerprint density at radius 3 is 1.39 bits per heavy atom. The first-order chi connectivity index (χ1) is 27.7. The van der Waals surface area contributed by atoms with Crippen molar-refractivity contribution in [1.82, 2.24) is 0 Å². The molecule has 2 aromatic carbocycles. The third kappa shape index (κ3) is 12.5. The summed E-state index contributed by atoms with van der Waals surface area (Å²) < 4.78 is 71.0. The average molecular weight is 847 g/mol. The van der Waals surface area contributed by atoms with Crippen molar-refractivity contribution < 1.29 is 71.6 Å². The number of aryl methyl sites for hydroxylation is 2. The number of nitrogens with zero attached hydrogens (tertiary/aromatic N) is 2. The van der Waals surface area contributed by atoms with Gasteiger partial charge in [0.25, 0.3) is 11.4 Å². The number of benzene rings is 2. The summed E-state index contributed by atoms with van der Waals surface area (Å²) in [5, 5.41) is 50.5. The predicted octanol–water partition coefficient (Wildman–Crippen LogP) is 6.10. The summed E-state index contributed by atoms with van der Waals surface area (Å²) in [7, 11) is 0. The minimum atomic E-state index is -1.63. The third-order valence-corrected chi connectivity index (χ3v) is 11.6. The highest BCUT2D eigenvalue weighted by Crippen LogP contribution is 2.38. The van der Waals surface area contributed by atoms with Crippen molar-refractivity contribution in [3.8, 4) is 11.5 Å². The second-order valence-electron chi connectivity index (χ2n) is 15.5. The molecule has 3 aliphatic heterocycles. The first-order valence-corrected chi connectivity index (χ1v) is 19.4. The maximum Gasteiger partial charge on any atom is 0.304 e. The molecule has 3 aliphatic rings. The lowest BCUT2D eigenvalue weighted by Crippen LogP contribution is -2.59. The molecule has 3 saturated heterocycles. The zero-order valence-corrected chi connectivity index (χ0v) is 34.6. The number of alkyl halides is 3. The van der Waals surface area contributed by atoms with Gasteiger partial charge in [0.2, 0.25) is 18.9 Å². The SMILES string of the molecule is CC(=O)O[C@@H]1OC(CF)[C@@H](C)[C@H](C)C1C.Cc1cc([N+](=O)[O-])ccc1O[C@@H]1OC(CF)[C@@H](C)[C@H](C)C1C.Cc1cc([N+](=O)[O-])ccc1O[C@@H]1OC(CF)[C@@H](O)[C@H](O)C1O. The Bertz CT molecular complexity index is 1610. The van der Waals surface area contributed by atoms with Gasteiger partial charge in [-0.25, -0.2) is 13.2 Å². The number of nitro benzene ring substituents is 2. The number of aliphatic hydroxyl groups is 3. The Kier molecular flexibility index (Phi) is 18.3. The van der Waals surface area contributed by atoms with Crippen LogP contribution in [-0.4, -0.2) is 107 Å². The molecule has 0 spiro atoms. The second kappa shape index (κ2) is 21.9. The van der Waals surface area contributed by atoms with Crippen molar-refractivity contribution in [3.05, 3.63) is 67.8 Å². The van der Waals surface area contributed by atoms with Crippen molar-refractivity contribution in [1.29, 1.82) is 0 Å². The summed E-state index contributed by atoms with van der Waals surface area (Å²) >= 11 is 0. The van der Waals surface area contributed by atoms with E-state index in [0.717, 1.165) is 0 Å². The van der Waals surface area contributed by atoms with Gasteiger partial charge in [-0.05, 0) is 60.8 Å². The number of hydrogen-bond donors (Lipinski definition) is 3. The molecule has 0 aromatic heterocycles. The summed E-state index contributed by atoms with van der Waals surface area (Å²) in [6, 6.07) is 8.20. The van der Waals surface area contributed by atoms with Crippen LogP contribution in [0.25, 0.3) is 0 Å². The lowest BCUT2D eigenvalue weighted by Gasteiger charge is -2.42. The van der Waals surface area contributed by atoms with Gasteiger partial charge in [-0.3, -0.25) is 25.0 Å². The van der Waals surface area contributed by atoms with Crippen molar-refractivity contribution in [3.63, 3.8) is 0 Å². The first-order valence-electron chi connectivity index (χ1n) is 19.4. The normalized spacial score (nSPS) is 34.2. The maximum absolute atomic E-state index is 13.1. The van der Waals surface area contributed by atoms with E-state index in [1.54, 1.807) is 19.9 Å². The van der Waals surface area contributed by atoms with Gasteiger partial charge in [0.15, 0.2) is 0 Å². The second-order valence-corrected chi connectivity index (χ2v) is 15.5. The molecule has 0 bridgehead atoms. The average Bonchev–Trinajstić information content (AvgIpc) is 3.19. The van der Waals surface area contributed by atoms with Crippen LogP contribution in [0.3, 0.4) is 0 Å². The highest BCUT2D eigenvalue weighted by molar-refractivity contribution is 5.66. The molecule has 15 atom stereocenters. The summed E-state index contributed by atoms with van der Waals surface area (Å²) in [4.78, 5) is 31.3. The zero-order chi connectivity index (χ0) is 44.5. The predicted molar refractivity (Wildman–Crippen MR) is 206 cm³/mol. The van der Waals surface area contributed by atoms with Crippen molar-refractivity contribution >= 4 is 17.3 Å². The Hall–Kier alpha value is -4.14. The van der Waals surface area contributed by atoms with Gasteiger partial charge in [-0.15, -0.1) is 0 Å². The molecule has 0 amide bonds. The minimum absolute atomic E-state index is 0.0195. The van der Waals surface area contributed by atoms with Gasteiger partial charge in [0, 0.05) is 43.0 Å². The molecular weight excluding hydrogens is 789 g/mol. The van der Waals surface area contributed by atoms with Crippen LogP contribution in [0, 0.1) is 69.6 Å². The van der Waals surface area contributed by atoms with E-state index in [4.69, 9.17) is 28.4 Å². The summed E-state index contributed by atoms with van der Waals surface area (Å²) in [6.07, 6.45) is -9.61. The molecular formula is C40H57F3N2O14.